The van der Waals surface area contributed by atoms with Gasteiger partial charge in [-0.05, 0) is 30.9 Å². The number of aromatic nitrogens is 2. The lowest BCUT2D eigenvalue weighted by molar-refractivity contribution is -0.139. The Morgan fingerprint density at radius 2 is 1.60 bits per heavy atom. The van der Waals surface area contributed by atoms with Gasteiger partial charge in [-0.1, -0.05) is 60.7 Å². The number of carboxylic acid groups (broad SMARTS) is 1. The summed E-state index contributed by atoms with van der Waals surface area (Å²) in [6.07, 6.45) is 0.139. The molecule has 2 heterocycles. The van der Waals surface area contributed by atoms with E-state index in [0.29, 0.717) is 44.0 Å². The van der Waals surface area contributed by atoms with Crippen LogP contribution in [0.2, 0.25) is 0 Å². The molecule has 2 aromatic carbocycles. The molecule has 1 atom stereocenters. The number of anilines is 2. The molecule has 0 bridgehead atoms. The van der Waals surface area contributed by atoms with E-state index >= 15 is 0 Å². The van der Waals surface area contributed by atoms with Crippen molar-refractivity contribution in [2.24, 2.45) is 5.92 Å². The van der Waals surface area contributed by atoms with Crippen LogP contribution in [0.3, 0.4) is 0 Å². The molecule has 13 heteroatoms. The van der Waals surface area contributed by atoms with Gasteiger partial charge in [0.15, 0.2) is 0 Å². The van der Waals surface area contributed by atoms with Crippen molar-refractivity contribution in [3.8, 4) is 0 Å². The molecule has 0 radical (unpaired) electrons. The lowest BCUT2D eigenvalue weighted by Crippen LogP contribution is -2.50. The van der Waals surface area contributed by atoms with Gasteiger partial charge in [0.2, 0.25) is 11.9 Å². The van der Waals surface area contributed by atoms with Crippen LogP contribution >= 0.6 is 0 Å². The Bertz CT molecular complexity index is 1400. The van der Waals surface area contributed by atoms with Crippen molar-refractivity contribution in [2.45, 2.75) is 39.0 Å². The zero-order valence-corrected chi connectivity index (χ0v) is 23.8. The fourth-order valence-corrected chi connectivity index (χ4v) is 4.52. The lowest BCUT2D eigenvalue weighted by Gasteiger charge is -2.32. The van der Waals surface area contributed by atoms with Crippen LogP contribution in [0.15, 0.2) is 66.7 Å². The summed E-state index contributed by atoms with van der Waals surface area (Å²) in [5.41, 5.74) is 2.40. The first-order valence-corrected chi connectivity index (χ1v) is 13.9. The fourth-order valence-electron chi connectivity index (χ4n) is 4.52. The molecule has 4 rings (SSSR count). The first-order valence-electron chi connectivity index (χ1n) is 13.9. The Kier molecular flexibility index (Phi) is 10.8. The minimum Gasteiger partial charge on any atom is -0.480 e. The van der Waals surface area contributed by atoms with E-state index in [1.165, 1.54) is 0 Å². The summed E-state index contributed by atoms with van der Waals surface area (Å²) in [5.74, 6) is -1.10. The Morgan fingerprint density at radius 1 is 0.953 bits per heavy atom. The second-order valence-corrected chi connectivity index (χ2v) is 10.1. The number of nitrogens with zero attached hydrogens (tertiary/aromatic N) is 3. The number of carbonyl (C=O) groups is 4. The SMILES string of the molecule is Cc1cc(N2CCC(C(=O)NC[C@H](NC(=O)OCc3ccccc3)C(=O)O)CC2)nc(NC(=O)NCc2ccccc2)n1. The first-order chi connectivity index (χ1) is 20.8. The number of aryl methyl sites for hydroxylation is 1. The average Bonchev–Trinajstić information content (AvgIpc) is 3.01. The molecule has 0 saturated carbocycles. The fraction of sp³-hybridized carbons (Fsp3) is 0.333. The summed E-state index contributed by atoms with van der Waals surface area (Å²) >= 11 is 0. The molecule has 226 valence electrons. The van der Waals surface area contributed by atoms with Gasteiger partial charge >= 0.3 is 18.1 Å². The van der Waals surface area contributed by atoms with Crippen molar-refractivity contribution in [1.82, 2.24) is 25.9 Å². The maximum atomic E-state index is 12.8. The summed E-state index contributed by atoms with van der Waals surface area (Å²) < 4.78 is 5.09. The number of nitrogens with one attached hydrogen (secondary N) is 4. The third-order valence-corrected chi connectivity index (χ3v) is 6.84. The van der Waals surface area contributed by atoms with Gasteiger partial charge in [-0.3, -0.25) is 10.1 Å². The van der Waals surface area contributed by atoms with Crippen LogP contribution < -0.4 is 26.2 Å². The number of hydrogen-bond acceptors (Lipinski definition) is 8. The zero-order valence-electron chi connectivity index (χ0n) is 23.8. The Balaban J connectivity index is 1.22. The standard InChI is InChI=1S/C30H35N7O6/c1-20-16-25(35-28(33-20)36-29(41)32-17-21-8-4-2-5-9-21)37-14-12-23(13-15-37)26(38)31-18-24(27(39)40)34-30(42)43-19-22-10-6-3-7-11-22/h2-11,16,23-24H,12-15,17-19H2,1H3,(H,31,38)(H,34,42)(H,39,40)(H2,32,33,35,36,41)/t24-/m0/s1. The van der Waals surface area contributed by atoms with Crippen LogP contribution in [0, 0.1) is 12.8 Å². The van der Waals surface area contributed by atoms with Gasteiger partial charge in [0, 0.05) is 43.9 Å². The highest BCUT2D eigenvalue weighted by molar-refractivity contribution is 5.87. The number of benzene rings is 2. The van der Waals surface area contributed by atoms with E-state index in [0.717, 1.165) is 11.1 Å². The highest BCUT2D eigenvalue weighted by Crippen LogP contribution is 2.23. The highest BCUT2D eigenvalue weighted by atomic mass is 16.5. The molecule has 1 aromatic heterocycles. The summed E-state index contributed by atoms with van der Waals surface area (Å²) in [4.78, 5) is 59.7. The number of aliphatic carboxylic acids is 1. The molecule has 5 N–H and O–H groups in total. The normalized spacial score (nSPS) is 13.8. The van der Waals surface area contributed by atoms with E-state index in [4.69, 9.17) is 4.74 Å². The van der Waals surface area contributed by atoms with E-state index in [9.17, 15) is 24.3 Å². The number of rotatable bonds is 11. The zero-order chi connectivity index (χ0) is 30.6. The average molecular weight is 590 g/mol. The Labute approximate surface area is 249 Å². The number of hydrogen-bond donors (Lipinski definition) is 5. The number of urea groups is 1. The summed E-state index contributed by atoms with van der Waals surface area (Å²) in [6, 6.07) is 18.6. The molecule has 1 aliphatic rings. The molecule has 1 aliphatic heterocycles. The number of piperidine rings is 1. The van der Waals surface area contributed by atoms with Gasteiger partial charge in [0.1, 0.15) is 18.5 Å². The quantitative estimate of drug-likeness (QED) is 0.225. The van der Waals surface area contributed by atoms with Crippen LogP contribution in [0.1, 0.15) is 29.7 Å². The molecule has 0 aliphatic carbocycles. The molecule has 1 fully saturated rings. The predicted octanol–water partition coefficient (Wildman–Crippen LogP) is 2.82. The van der Waals surface area contributed by atoms with Gasteiger partial charge in [-0.15, -0.1) is 0 Å². The van der Waals surface area contributed by atoms with Gasteiger partial charge in [-0.25, -0.2) is 19.4 Å². The van der Waals surface area contributed by atoms with Gasteiger partial charge in [0.05, 0.1) is 0 Å². The molecule has 3 aromatic rings. The Morgan fingerprint density at radius 3 is 2.26 bits per heavy atom. The van der Waals surface area contributed by atoms with Crippen molar-refractivity contribution in [3.05, 3.63) is 83.6 Å². The van der Waals surface area contributed by atoms with Crippen molar-refractivity contribution < 1.29 is 29.0 Å². The topological polar surface area (TPSA) is 175 Å². The maximum Gasteiger partial charge on any atom is 0.408 e. The second kappa shape index (κ2) is 15.1. The third-order valence-electron chi connectivity index (χ3n) is 6.84. The summed E-state index contributed by atoms with van der Waals surface area (Å²) in [6.45, 7) is 2.95. The van der Waals surface area contributed by atoms with E-state index in [-0.39, 0.29) is 30.9 Å². The first kappa shape index (κ1) is 30.8. The molecular weight excluding hydrogens is 554 g/mol. The minimum absolute atomic E-state index is 0.00514. The third kappa shape index (κ3) is 9.69. The van der Waals surface area contributed by atoms with Crippen LogP contribution in [-0.2, 0) is 27.5 Å². The van der Waals surface area contributed by atoms with Crippen LogP contribution in [-0.4, -0.2) is 64.8 Å². The van der Waals surface area contributed by atoms with Gasteiger partial charge in [0.25, 0.3) is 0 Å². The second-order valence-electron chi connectivity index (χ2n) is 10.1. The van der Waals surface area contributed by atoms with Crippen molar-refractivity contribution in [1.29, 1.82) is 0 Å². The van der Waals surface area contributed by atoms with Crippen LogP contribution in [0.4, 0.5) is 21.4 Å². The smallest absolute Gasteiger partial charge is 0.408 e. The van der Waals surface area contributed by atoms with Crippen molar-refractivity contribution in [2.75, 3.05) is 29.9 Å². The van der Waals surface area contributed by atoms with E-state index < -0.39 is 24.1 Å². The van der Waals surface area contributed by atoms with E-state index in [1.54, 1.807) is 24.3 Å². The summed E-state index contributed by atoms with van der Waals surface area (Å²) in [5, 5.41) is 19.9. The minimum atomic E-state index is -1.34. The molecule has 4 amide bonds. The van der Waals surface area contributed by atoms with Gasteiger partial charge in [-0.2, -0.15) is 4.98 Å². The monoisotopic (exact) mass is 589 g/mol. The van der Waals surface area contributed by atoms with E-state index in [2.05, 4.69) is 31.2 Å². The number of amides is 4. The predicted molar refractivity (Wildman–Crippen MR) is 158 cm³/mol. The highest BCUT2D eigenvalue weighted by Gasteiger charge is 2.28. The molecule has 1 saturated heterocycles. The number of ether oxygens (including phenoxy) is 1. The van der Waals surface area contributed by atoms with Crippen molar-refractivity contribution in [3.63, 3.8) is 0 Å². The van der Waals surface area contributed by atoms with Crippen LogP contribution in [0.25, 0.3) is 0 Å². The Hall–Kier alpha value is -5.20. The van der Waals surface area contributed by atoms with Gasteiger partial charge < -0.3 is 30.7 Å². The van der Waals surface area contributed by atoms with Crippen molar-refractivity contribution >= 4 is 35.8 Å². The number of carbonyl (C=O) groups excluding carboxylic acids is 3. The number of alkyl carbamates (subject to hydrolysis) is 1. The molecular formula is C30H35N7O6. The number of carboxylic acids is 1. The molecule has 43 heavy (non-hydrogen) atoms. The summed E-state index contributed by atoms with van der Waals surface area (Å²) in [7, 11) is 0. The van der Waals surface area contributed by atoms with Crippen LogP contribution in [0.5, 0.6) is 0 Å². The lowest BCUT2D eigenvalue weighted by atomic mass is 9.96. The molecule has 13 nitrogen and oxygen atoms in total. The van der Waals surface area contributed by atoms with E-state index in [1.807, 2.05) is 54.3 Å². The maximum absolute atomic E-state index is 12.8. The molecule has 0 unspecified atom stereocenters. The molecule has 0 spiro atoms. The largest absolute Gasteiger partial charge is 0.480 e.